The largest absolute Gasteiger partial charge is 0.491 e. The van der Waals surface area contributed by atoms with Gasteiger partial charge in [0.1, 0.15) is 24.2 Å². The molecule has 0 spiro atoms. The molecular weight excluding hydrogens is 320 g/mol. The lowest BCUT2D eigenvalue weighted by Gasteiger charge is -2.19. The first-order chi connectivity index (χ1) is 11.8. The molecule has 0 aliphatic heterocycles. The first-order valence-electron chi connectivity index (χ1n) is 8.30. The van der Waals surface area contributed by atoms with Gasteiger partial charge in [0.15, 0.2) is 0 Å². The quantitative estimate of drug-likeness (QED) is 0.720. The van der Waals surface area contributed by atoms with Gasteiger partial charge in [0, 0.05) is 6.54 Å². The van der Waals surface area contributed by atoms with Crippen LogP contribution in [0, 0.1) is 0 Å². The fourth-order valence-electron chi connectivity index (χ4n) is 2.16. The maximum Gasteiger partial charge on any atom is 0.315 e. The highest BCUT2D eigenvalue weighted by molar-refractivity contribution is 5.73. The summed E-state index contributed by atoms with van der Waals surface area (Å²) in [6.45, 7) is 6.95. The molecule has 0 aliphatic carbocycles. The first kappa shape index (κ1) is 18.9. The van der Waals surface area contributed by atoms with Crippen molar-refractivity contribution >= 4 is 6.03 Å². The fourth-order valence-corrected chi connectivity index (χ4v) is 2.16. The Bertz CT molecular complexity index is 645. The Morgan fingerprint density at radius 3 is 2.52 bits per heavy atom. The third kappa shape index (κ3) is 6.51. The topological polar surface area (TPSA) is 83.7 Å². The molecule has 1 aromatic carbocycles. The Balaban J connectivity index is 1.66. The summed E-state index contributed by atoms with van der Waals surface area (Å²) in [5.74, 6) is 1.35. The number of nitrogens with one attached hydrogen (secondary N) is 2. The van der Waals surface area contributed by atoms with Crippen LogP contribution >= 0.6 is 0 Å². The van der Waals surface area contributed by atoms with Gasteiger partial charge < -0.3 is 24.9 Å². The maximum atomic E-state index is 11.6. The van der Waals surface area contributed by atoms with Crippen molar-refractivity contribution in [3.8, 4) is 5.75 Å². The molecule has 6 heteroatoms. The van der Waals surface area contributed by atoms with Crippen molar-refractivity contribution in [2.24, 2.45) is 0 Å². The molecule has 3 N–H and O–H groups in total. The fraction of sp³-hybridized carbons (Fsp3) is 0.421. The first-order valence-corrected chi connectivity index (χ1v) is 8.30. The number of furan rings is 1. The average Bonchev–Trinajstić information content (AvgIpc) is 3.09. The molecule has 136 valence electrons. The number of hydrogen-bond acceptors (Lipinski definition) is 4. The van der Waals surface area contributed by atoms with Crippen molar-refractivity contribution in [3.63, 3.8) is 0 Å². The zero-order valence-electron chi connectivity index (χ0n) is 14.9. The summed E-state index contributed by atoms with van der Waals surface area (Å²) in [6, 6.07) is 11.0. The number of urea groups is 1. The van der Waals surface area contributed by atoms with Crippen LogP contribution in [0.4, 0.5) is 4.79 Å². The van der Waals surface area contributed by atoms with Gasteiger partial charge in [0.05, 0.1) is 12.8 Å². The van der Waals surface area contributed by atoms with Crippen LogP contribution in [-0.2, 0) is 12.0 Å². The standard InChI is InChI=1S/C19H26N2O4/c1-19(2,3)14-6-8-16(9-7-14)25-13-15(22)11-20-18(23)21-12-17-5-4-10-24-17/h4-10,15,22H,11-13H2,1-3H3,(H2,20,21,23). The van der Waals surface area contributed by atoms with E-state index in [4.69, 9.17) is 9.15 Å². The Hall–Kier alpha value is -2.47. The van der Waals surface area contributed by atoms with Crippen LogP contribution in [0.1, 0.15) is 32.1 Å². The van der Waals surface area contributed by atoms with E-state index in [2.05, 4.69) is 31.4 Å². The van der Waals surface area contributed by atoms with Gasteiger partial charge in [0.2, 0.25) is 0 Å². The highest BCUT2D eigenvalue weighted by atomic mass is 16.5. The van der Waals surface area contributed by atoms with Gasteiger partial charge in [0.25, 0.3) is 0 Å². The Labute approximate surface area is 148 Å². The summed E-state index contributed by atoms with van der Waals surface area (Å²) in [5, 5.41) is 15.1. The second kappa shape index (κ2) is 8.58. The number of amides is 2. The van der Waals surface area contributed by atoms with Crippen molar-refractivity contribution in [2.45, 2.75) is 38.8 Å². The van der Waals surface area contributed by atoms with Crippen molar-refractivity contribution in [3.05, 3.63) is 54.0 Å². The molecule has 1 atom stereocenters. The van der Waals surface area contributed by atoms with Gasteiger partial charge >= 0.3 is 6.03 Å². The van der Waals surface area contributed by atoms with E-state index < -0.39 is 6.10 Å². The van der Waals surface area contributed by atoms with Crippen molar-refractivity contribution < 1.29 is 19.1 Å². The summed E-state index contributed by atoms with van der Waals surface area (Å²) in [4.78, 5) is 11.6. The second-order valence-electron chi connectivity index (χ2n) is 6.88. The van der Waals surface area contributed by atoms with E-state index in [0.29, 0.717) is 18.1 Å². The lowest BCUT2D eigenvalue weighted by Crippen LogP contribution is -2.41. The molecule has 1 heterocycles. The summed E-state index contributed by atoms with van der Waals surface area (Å²) in [7, 11) is 0. The summed E-state index contributed by atoms with van der Waals surface area (Å²) in [6.07, 6.45) is 0.751. The van der Waals surface area contributed by atoms with Gasteiger partial charge in [-0.2, -0.15) is 0 Å². The second-order valence-corrected chi connectivity index (χ2v) is 6.88. The average molecular weight is 346 g/mol. The minimum absolute atomic E-state index is 0.0883. The van der Waals surface area contributed by atoms with E-state index in [1.54, 1.807) is 18.4 Å². The Morgan fingerprint density at radius 1 is 1.20 bits per heavy atom. The SMILES string of the molecule is CC(C)(C)c1ccc(OCC(O)CNC(=O)NCc2ccco2)cc1. The van der Waals surface area contributed by atoms with E-state index in [0.717, 1.165) is 0 Å². The molecule has 1 aromatic heterocycles. The normalized spacial score (nSPS) is 12.5. The van der Waals surface area contributed by atoms with Gasteiger partial charge in [-0.1, -0.05) is 32.9 Å². The molecule has 0 saturated heterocycles. The monoisotopic (exact) mass is 346 g/mol. The molecule has 0 aliphatic rings. The number of benzene rings is 1. The lowest BCUT2D eigenvalue weighted by molar-refractivity contribution is 0.108. The lowest BCUT2D eigenvalue weighted by atomic mass is 9.87. The highest BCUT2D eigenvalue weighted by Crippen LogP contribution is 2.24. The predicted octanol–water partition coefficient (Wildman–Crippen LogP) is 2.82. The van der Waals surface area contributed by atoms with Gasteiger partial charge in [-0.3, -0.25) is 0 Å². The van der Waals surface area contributed by atoms with E-state index >= 15 is 0 Å². The highest BCUT2D eigenvalue weighted by Gasteiger charge is 2.13. The molecule has 0 bridgehead atoms. The molecule has 6 nitrogen and oxygen atoms in total. The smallest absolute Gasteiger partial charge is 0.315 e. The third-order valence-corrected chi connectivity index (χ3v) is 3.66. The number of aliphatic hydroxyl groups is 1. The minimum Gasteiger partial charge on any atom is -0.491 e. The molecule has 0 radical (unpaired) electrons. The molecule has 25 heavy (non-hydrogen) atoms. The predicted molar refractivity (Wildman–Crippen MR) is 95.6 cm³/mol. The van der Waals surface area contributed by atoms with Crippen molar-refractivity contribution in [1.29, 1.82) is 0 Å². The molecule has 0 fully saturated rings. The number of hydrogen-bond donors (Lipinski definition) is 3. The van der Waals surface area contributed by atoms with Gasteiger partial charge in [-0.25, -0.2) is 4.79 Å². The molecule has 2 aromatic rings. The van der Waals surface area contributed by atoms with Gasteiger partial charge in [-0.05, 0) is 35.2 Å². The zero-order chi connectivity index (χ0) is 18.3. The van der Waals surface area contributed by atoms with E-state index in [-0.39, 0.29) is 24.6 Å². The molecule has 2 rings (SSSR count). The molecule has 0 saturated carbocycles. The van der Waals surface area contributed by atoms with Gasteiger partial charge in [-0.15, -0.1) is 0 Å². The van der Waals surface area contributed by atoms with E-state index in [1.165, 1.54) is 5.56 Å². The Morgan fingerprint density at radius 2 is 1.92 bits per heavy atom. The molecule has 2 amide bonds. The number of carbonyl (C=O) groups is 1. The third-order valence-electron chi connectivity index (χ3n) is 3.66. The Kier molecular flexibility index (Phi) is 6.47. The summed E-state index contributed by atoms with van der Waals surface area (Å²) >= 11 is 0. The van der Waals surface area contributed by atoms with Crippen LogP contribution in [-0.4, -0.2) is 30.4 Å². The zero-order valence-corrected chi connectivity index (χ0v) is 14.9. The van der Waals surface area contributed by atoms with Crippen LogP contribution in [0.2, 0.25) is 0 Å². The van der Waals surface area contributed by atoms with Crippen LogP contribution < -0.4 is 15.4 Å². The van der Waals surface area contributed by atoms with E-state index in [1.807, 2.05) is 24.3 Å². The van der Waals surface area contributed by atoms with E-state index in [9.17, 15) is 9.90 Å². The number of aliphatic hydroxyl groups excluding tert-OH is 1. The minimum atomic E-state index is -0.795. The number of carbonyl (C=O) groups excluding carboxylic acids is 1. The van der Waals surface area contributed by atoms with Crippen molar-refractivity contribution in [1.82, 2.24) is 10.6 Å². The van der Waals surface area contributed by atoms with Crippen LogP contribution in [0.3, 0.4) is 0 Å². The summed E-state index contributed by atoms with van der Waals surface area (Å²) in [5.41, 5.74) is 1.31. The van der Waals surface area contributed by atoms with Crippen LogP contribution in [0.5, 0.6) is 5.75 Å². The molecular formula is C19H26N2O4. The van der Waals surface area contributed by atoms with Crippen LogP contribution in [0.15, 0.2) is 47.1 Å². The maximum absolute atomic E-state index is 11.6. The molecule has 1 unspecified atom stereocenters. The summed E-state index contributed by atoms with van der Waals surface area (Å²) < 4.78 is 10.7. The van der Waals surface area contributed by atoms with Crippen molar-refractivity contribution in [2.75, 3.05) is 13.2 Å². The number of ether oxygens (including phenoxy) is 1. The van der Waals surface area contributed by atoms with Crippen LogP contribution in [0.25, 0.3) is 0 Å². The number of rotatable bonds is 7.